The Morgan fingerprint density at radius 3 is 2.50 bits per heavy atom. The van der Waals surface area contributed by atoms with E-state index in [0.717, 1.165) is 4.90 Å². The lowest BCUT2D eigenvalue weighted by atomic mass is 10.1. The first-order valence-corrected chi connectivity index (χ1v) is 9.54. The van der Waals surface area contributed by atoms with Crippen LogP contribution in [0.2, 0.25) is 0 Å². The number of hydrogen-bond acceptors (Lipinski definition) is 8. The van der Waals surface area contributed by atoms with Gasteiger partial charge in [-0.15, -0.1) is 23.5 Å². The first-order valence-electron chi connectivity index (χ1n) is 7.61. The van der Waals surface area contributed by atoms with Crippen molar-refractivity contribution in [1.82, 2.24) is 0 Å². The van der Waals surface area contributed by atoms with Crippen LogP contribution in [-0.2, 0) is 19.1 Å². The fourth-order valence-corrected chi connectivity index (χ4v) is 5.24. The van der Waals surface area contributed by atoms with Gasteiger partial charge in [-0.25, -0.2) is 0 Å². The number of thioether (sulfide) groups is 2. The van der Waals surface area contributed by atoms with Crippen molar-refractivity contribution in [3.8, 4) is 6.07 Å². The Balaban J connectivity index is 2.25. The Labute approximate surface area is 158 Å². The summed E-state index contributed by atoms with van der Waals surface area (Å²) in [6.45, 7) is 2.55. The van der Waals surface area contributed by atoms with Crippen molar-refractivity contribution < 1.29 is 19.1 Å². The van der Waals surface area contributed by atoms with Crippen LogP contribution < -0.4 is 0 Å². The van der Waals surface area contributed by atoms with Crippen LogP contribution in [0.5, 0.6) is 0 Å². The van der Waals surface area contributed by atoms with Crippen molar-refractivity contribution in [2.24, 2.45) is 5.11 Å². The third-order valence-electron chi connectivity index (χ3n) is 3.45. The minimum Gasteiger partial charge on any atom is -0.461 e. The molecule has 0 amide bonds. The molecule has 0 N–H and O–H groups in total. The number of esters is 2. The molecule has 1 aliphatic rings. The Kier molecular flexibility index (Phi) is 7.21. The van der Waals surface area contributed by atoms with E-state index in [1.807, 2.05) is 0 Å². The summed E-state index contributed by atoms with van der Waals surface area (Å²) in [4.78, 5) is 26.6. The number of benzene rings is 1. The molecule has 0 aliphatic carbocycles. The number of carbonyl (C=O) groups excluding carboxylic acids is 2. The van der Waals surface area contributed by atoms with E-state index in [0.29, 0.717) is 11.3 Å². The summed E-state index contributed by atoms with van der Waals surface area (Å²) < 4.78 is 10.4. The van der Waals surface area contributed by atoms with Crippen molar-refractivity contribution in [1.29, 1.82) is 5.26 Å². The second-order valence-electron chi connectivity index (χ2n) is 5.37. The number of carbonyl (C=O) groups is 2. The van der Waals surface area contributed by atoms with E-state index in [1.165, 1.54) is 37.4 Å². The largest absolute Gasteiger partial charge is 0.461 e. The molecule has 1 fully saturated rings. The van der Waals surface area contributed by atoms with Gasteiger partial charge in [0, 0.05) is 29.4 Å². The van der Waals surface area contributed by atoms with Gasteiger partial charge in [0.2, 0.25) is 0 Å². The molecule has 0 saturated carbocycles. The molecule has 10 heteroatoms. The van der Waals surface area contributed by atoms with Crippen LogP contribution in [0.25, 0.3) is 10.4 Å². The maximum Gasteiger partial charge on any atom is 0.302 e. The Morgan fingerprint density at radius 1 is 1.31 bits per heavy atom. The molecule has 1 heterocycles. The molecular weight excluding hydrogens is 376 g/mol. The zero-order valence-corrected chi connectivity index (χ0v) is 15.7. The molecule has 1 aromatic rings. The summed E-state index contributed by atoms with van der Waals surface area (Å²) in [6.07, 6.45) is -1.43. The van der Waals surface area contributed by atoms with Gasteiger partial charge in [-0.2, -0.15) is 5.26 Å². The van der Waals surface area contributed by atoms with Crippen molar-refractivity contribution in [2.75, 3.05) is 5.75 Å². The van der Waals surface area contributed by atoms with Crippen LogP contribution in [0.15, 0.2) is 34.3 Å². The molecule has 1 aromatic carbocycles. The molecule has 136 valence electrons. The highest BCUT2D eigenvalue weighted by atomic mass is 32.2. The van der Waals surface area contributed by atoms with Gasteiger partial charge in [0.25, 0.3) is 0 Å². The molecule has 0 spiro atoms. The second-order valence-corrected chi connectivity index (χ2v) is 8.06. The molecular formula is C16H16N4O4S2. The van der Waals surface area contributed by atoms with Crippen LogP contribution in [-0.4, -0.2) is 40.5 Å². The smallest absolute Gasteiger partial charge is 0.302 e. The van der Waals surface area contributed by atoms with Crippen molar-refractivity contribution in [2.45, 2.75) is 41.6 Å². The normalized spacial score (nSPS) is 24.7. The first-order chi connectivity index (χ1) is 12.4. The van der Waals surface area contributed by atoms with E-state index >= 15 is 0 Å². The third-order valence-corrected chi connectivity index (χ3v) is 6.31. The summed E-state index contributed by atoms with van der Waals surface area (Å²) in [5.41, 5.74) is 9.43. The topological polar surface area (TPSA) is 125 Å². The fourth-order valence-electron chi connectivity index (χ4n) is 2.43. The number of hydrogen-bond donors (Lipinski definition) is 0. The summed E-state index contributed by atoms with van der Waals surface area (Å²) in [6, 6.07) is 8.24. The number of azide groups is 1. The van der Waals surface area contributed by atoms with Crippen molar-refractivity contribution in [3.05, 3.63) is 40.3 Å². The lowest BCUT2D eigenvalue weighted by Crippen LogP contribution is -2.50. The molecule has 1 saturated heterocycles. The van der Waals surface area contributed by atoms with Gasteiger partial charge in [-0.3, -0.25) is 9.59 Å². The number of rotatable bonds is 5. The predicted molar refractivity (Wildman–Crippen MR) is 97.3 cm³/mol. The summed E-state index contributed by atoms with van der Waals surface area (Å²) in [7, 11) is 0. The molecule has 8 nitrogen and oxygen atoms in total. The average molecular weight is 392 g/mol. The molecule has 0 radical (unpaired) electrons. The van der Waals surface area contributed by atoms with E-state index in [4.69, 9.17) is 20.3 Å². The monoisotopic (exact) mass is 392 g/mol. The van der Waals surface area contributed by atoms with E-state index in [9.17, 15) is 9.59 Å². The van der Waals surface area contributed by atoms with Gasteiger partial charge in [0.15, 0.2) is 0 Å². The zero-order valence-electron chi connectivity index (χ0n) is 14.1. The molecule has 0 aromatic heterocycles. The second kappa shape index (κ2) is 9.38. The van der Waals surface area contributed by atoms with Gasteiger partial charge >= 0.3 is 11.9 Å². The highest BCUT2D eigenvalue weighted by Crippen LogP contribution is 2.41. The van der Waals surface area contributed by atoms with Crippen LogP contribution >= 0.6 is 23.5 Å². The minimum absolute atomic E-state index is 0.255. The number of ether oxygens (including phenoxy) is 2. The highest BCUT2D eigenvalue weighted by molar-refractivity contribution is 8.17. The van der Waals surface area contributed by atoms with E-state index < -0.39 is 30.2 Å². The van der Waals surface area contributed by atoms with Crippen molar-refractivity contribution in [3.63, 3.8) is 0 Å². The van der Waals surface area contributed by atoms with E-state index in [-0.39, 0.29) is 4.58 Å². The minimum atomic E-state index is -0.815. The summed E-state index contributed by atoms with van der Waals surface area (Å²) in [5, 5.41) is 12.6. The molecule has 2 rings (SSSR count). The Morgan fingerprint density at radius 2 is 1.96 bits per heavy atom. The molecule has 0 bridgehead atoms. The maximum atomic E-state index is 11.6. The molecule has 26 heavy (non-hydrogen) atoms. The summed E-state index contributed by atoms with van der Waals surface area (Å²) in [5.74, 6) is -0.592. The lowest BCUT2D eigenvalue weighted by molar-refractivity contribution is -0.153. The van der Waals surface area contributed by atoms with Crippen LogP contribution in [0, 0.1) is 11.3 Å². The fraction of sp³-hybridized carbons (Fsp3) is 0.438. The van der Waals surface area contributed by atoms with E-state index in [2.05, 4.69) is 16.1 Å². The molecule has 4 atom stereocenters. The van der Waals surface area contributed by atoms with E-state index in [1.54, 1.807) is 24.3 Å². The molecule has 0 unspecified atom stereocenters. The highest BCUT2D eigenvalue weighted by Gasteiger charge is 2.44. The summed E-state index contributed by atoms with van der Waals surface area (Å²) >= 11 is 2.89. The third kappa shape index (κ3) is 5.33. The number of nitriles is 1. The molecule has 1 aliphatic heterocycles. The standard InChI is InChI=1S/C16H16N4O4S2/c1-9(21)23-13-8-25-16(15(24-10(2)22)14(13)19-20-18)26-12-5-3-11(7-17)4-6-12/h3-6,13-16H,8H2,1-2H3/t13-,14+,15-,16+/m1/s1. The first kappa shape index (κ1) is 20.0. The van der Waals surface area contributed by atoms with Gasteiger partial charge in [0.05, 0.1) is 16.2 Å². The van der Waals surface area contributed by atoms with Crippen LogP contribution in [0.3, 0.4) is 0 Å². The predicted octanol–water partition coefficient (Wildman–Crippen LogP) is 3.27. The number of nitrogens with zero attached hydrogens (tertiary/aromatic N) is 4. The van der Waals surface area contributed by atoms with Gasteiger partial charge in [0.1, 0.15) is 18.2 Å². The maximum absolute atomic E-state index is 11.6. The SMILES string of the molecule is CC(=O)O[C@H]1[C@H](Sc2ccc(C#N)cc2)SC[C@@H](OC(C)=O)[C@@H]1N=[N+]=[N-]. The van der Waals surface area contributed by atoms with Gasteiger partial charge < -0.3 is 9.47 Å². The zero-order chi connectivity index (χ0) is 19.1. The van der Waals surface area contributed by atoms with Crippen molar-refractivity contribution >= 4 is 35.5 Å². The van der Waals surface area contributed by atoms with Gasteiger partial charge in [-0.1, -0.05) is 5.11 Å². The average Bonchev–Trinajstić information content (AvgIpc) is 2.59. The van der Waals surface area contributed by atoms with Crippen LogP contribution in [0.4, 0.5) is 0 Å². The Hall–Kier alpha value is -2.34. The van der Waals surface area contributed by atoms with Crippen LogP contribution in [0.1, 0.15) is 19.4 Å². The Bertz CT molecular complexity index is 759. The van der Waals surface area contributed by atoms with Gasteiger partial charge in [-0.05, 0) is 29.8 Å². The quantitative estimate of drug-likeness (QED) is 0.326. The lowest BCUT2D eigenvalue weighted by Gasteiger charge is -2.38.